The molecule has 0 fully saturated rings. The molecule has 3 aromatic rings. The maximum absolute atomic E-state index is 14.2. The molecule has 0 saturated carbocycles. The van der Waals surface area contributed by atoms with Crippen molar-refractivity contribution in [1.82, 2.24) is 29.9 Å². The molecule has 0 spiro atoms. The average molecular weight is 274 g/mol. The van der Waals surface area contributed by atoms with E-state index in [1.807, 2.05) is 6.92 Å². The van der Waals surface area contributed by atoms with E-state index in [0.717, 1.165) is 5.82 Å². The lowest BCUT2D eigenvalue weighted by atomic mass is 10.1. The van der Waals surface area contributed by atoms with Crippen LogP contribution in [0.2, 0.25) is 0 Å². The second-order valence-electron chi connectivity index (χ2n) is 4.55. The molecule has 2 aromatic heterocycles. The first kappa shape index (κ1) is 12.5. The van der Waals surface area contributed by atoms with Gasteiger partial charge in [0.2, 0.25) is 0 Å². The number of hydrogen-bond donors (Lipinski definition) is 1. The highest BCUT2D eigenvalue weighted by atomic mass is 19.1. The molecule has 0 radical (unpaired) electrons. The molecule has 0 amide bonds. The minimum atomic E-state index is -0.397. The lowest BCUT2D eigenvalue weighted by Gasteiger charge is -2.00. The summed E-state index contributed by atoms with van der Waals surface area (Å²) in [6.07, 6.45) is 0. The molecular weight excluding hydrogens is 259 g/mol. The van der Waals surface area contributed by atoms with E-state index in [1.54, 1.807) is 30.8 Å². The van der Waals surface area contributed by atoms with Crippen molar-refractivity contribution < 1.29 is 5.82 Å². The third kappa shape index (κ3) is 2.07. The maximum atomic E-state index is 14.2. The van der Waals surface area contributed by atoms with Gasteiger partial charge in [0.15, 0.2) is 11.6 Å². The molecule has 1 aromatic carbocycles. The van der Waals surface area contributed by atoms with Gasteiger partial charge in [-0.3, -0.25) is 9.78 Å². The SMILES string of the molecule is Cc1nc(-c2ccc(-c3nc(C)n(C)n3)cc2F)n[nH]1.[HH]. The standard InChI is InChI=1S/C13H13FN6.H2/c1-7-15-13(18-17-7)10-5-4-9(6-11(10)14)12-16-8(2)20(3)19-12;/h4-6H,1-3H3,(H,15,17,18);1H. The smallest absolute Gasteiger partial charge is 0.184 e. The molecule has 6 nitrogen and oxygen atoms in total. The third-order valence-corrected chi connectivity index (χ3v) is 3.05. The zero-order chi connectivity index (χ0) is 14.3. The van der Waals surface area contributed by atoms with Crippen LogP contribution in [0.15, 0.2) is 18.2 Å². The summed E-state index contributed by atoms with van der Waals surface area (Å²) < 4.78 is 15.8. The van der Waals surface area contributed by atoms with E-state index in [4.69, 9.17) is 0 Å². The van der Waals surface area contributed by atoms with Crippen LogP contribution in [0, 0.1) is 19.7 Å². The first-order valence-corrected chi connectivity index (χ1v) is 6.11. The van der Waals surface area contributed by atoms with Crippen molar-refractivity contribution in [2.75, 3.05) is 0 Å². The zero-order valence-electron chi connectivity index (χ0n) is 11.3. The number of hydrogen-bond acceptors (Lipinski definition) is 4. The number of aryl methyl sites for hydroxylation is 3. The monoisotopic (exact) mass is 274 g/mol. The maximum Gasteiger partial charge on any atom is 0.184 e. The summed E-state index contributed by atoms with van der Waals surface area (Å²) >= 11 is 0. The first-order chi connectivity index (χ1) is 9.54. The van der Waals surface area contributed by atoms with E-state index in [0.29, 0.717) is 28.6 Å². The fourth-order valence-corrected chi connectivity index (χ4v) is 1.88. The van der Waals surface area contributed by atoms with Crippen LogP contribution in [-0.4, -0.2) is 29.9 Å². The Morgan fingerprint density at radius 2 is 2.00 bits per heavy atom. The fraction of sp³-hybridized carbons (Fsp3) is 0.231. The molecule has 0 unspecified atom stereocenters. The molecule has 0 aliphatic heterocycles. The van der Waals surface area contributed by atoms with Gasteiger partial charge in [0, 0.05) is 14.0 Å². The van der Waals surface area contributed by atoms with Gasteiger partial charge in [-0.15, -0.1) is 0 Å². The van der Waals surface area contributed by atoms with Crippen molar-refractivity contribution in [1.29, 1.82) is 0 Å². The van der Waals surface area contributed by atoms with E-state index < -0.39 is 5.82 Å². The molecular formula is C13H15FN6. The van der Waals surface area contributed by atoms with E-state index in [2.05, 4.69) is 25.3 Å². The van der Waals surface area contributed by atoms with Crippen molar-refractivity contribution >= 4 is 0 Å². The van der Waals surface area contributed by atoms with Gasteiger partial charge in [0.05, 0.1) is 5.56 Å². The van der Waals surface area contributed by atoms with Gasteiger partial charge < -0.3 is 0 Å². The summed E-state index contributed by atoms with van der Waals surface area (Å²) in [6.45, 7) is 3.61. The normalized spacial score (nSPS) is 11.0. The third-order valence-electron chi connectivity index (χ3n) is 3.05. The zero-order valence-corrected chi connectivity index (χ0v) is 11.3. The van der Waals surface area contributed by atoms with Gasteiger partial charge in [0.25, 0.3) is 0 Å². The Kier molecular flexibility index (Phi) is 2.81. The highest BCUT2D eigenvalue weighted by Gasteiger charge is 2.13. The molecule has 0 saturated heterocycles. The second kappa shape index (κ2) is 4.52. The van der Waals surface area contributed by atoms with Crippen LogP contribution in [0.4, 0.5) is 4.39 Å². The minimum absolute atomic E-state index is 0. The van der Waals surface area contributed by atoms with Crippen LogP contribution < -0.4 is 0 Å². The molecule has 0 aliphatic rings. The molecule has 20 heavy (non-hydrogen) atoms. The molecule has 3 rings (SSSR count). The van der Waals surface area contributed by atoms with Crippen LogP contribution in [0.5, 0.6) is 0 Å². The topological polar surface area (TPSA) is 72.3 Å². The molecule has 7 heteroatoms. The Hall–Kier alpha value is -2.57. The van der Waals surface area contributed by atoms with Crippen LogP contribution in [0.3, 0.4) is 0 Å². The highest BCUT2D eigenvalue weighted by molar-refractivity contribution is 5.63. The number of rotatable bonds is 2. The average Bonchev–Trinajstić information content (AvgIpc) is 2.97. The molecule has 2 heterocycles. The van der Waals surface area contributed by atoms with Crippen molar-refractivity contribution in [3.63, 3.8) is 0 Å². The number of benzene rings is 1. The Morgan fingerprint density at radius 1 is 1.20 bits per heavy atom. The van der Waals surface area contributed by atoms with Gasteiger partial charge in [0.1, 0.15) is 17.5 Å². The molecule has 104 valence electrons. The Labute approximate surface area is 116 Å². The van der Waals surface area contributed by atoms with Crippen LogP contribution >= 0.6 is 0 Å². The summed E-state index contributed by atoms with van der Waals surface area (Å²) in [6, 6.07) is 4.80. The first-order valence-electron chi connectivity index (χ1n) is 6.11. The van der Waals surface area contributed by atoms with Crippen molar-refractivity contribution in [3.8, 4) is 22.8 Å². The molecule has 0 bridgehead atoms. The van der Waals surface area contributed by atoms with Gasteiger partial charge in [-0.25, -0.2) is 14.4 Å². The van der Waals surface area contributed by atoms with E-state index in [9.17, 15) is 4.39 Å². The lowest BCUT2D eigenvalue weighted by Crippen LogP contribution is -1.93. The number of nitrogens with one attached hydrogen (secondary N) is 1. The highest BCUT2D eigenvalue weighted by Crippen LogP contribution is 2.24. The largest absolute Gasteiger partial charge is 0.263 e. The van der Waals surface area contributed by atoms with Crippen molar-refractivity contribution in [2.24, 2.45) is 7.05 Å². The molecule has 0 atom stereocenters. The summed E-state index contributed by atoms with van der Waals surface area (Å²) in [5.74, 6) is 1.87. The molecule has 0 aliphatic carbocycles. The predicted molar refractivity (Wildman–Crippen MR) is 73.4 cm³/mol. The van der Waals surface area contributed by atoms with E-state index in [1.165, 1.54) is 6.07 Å². The minimum Gasteiger partial charge on any atom is -0.263 e. The Balaban J connectivity index is 0.00000161. The van der Waals surface area contributed by atoms with E-state index >= 15 is 0 Å². The fourth-order valence-electron chi connectivity index (χ4n) is 1.88. The second-order valence-corrected chi connectivity index (χ2v) is 4.55. The van der Waals surface area contributed by atoms with Gasteiger partial charge in [-0.2, -0.15) is 10.2 Å². The van der Waals surface area contributed by atoms with Crippen LogP contribution in [0.1, 0.15) is 13.1 Å². The summed E-state index contributed by atoms with van der Waals surface area (Å²) in [5, 5.41) is 10.9. The van der Waals surface area contributed by atoms with Crippen LogP contribution in [-0.2, 0) is 7.05 Å². The Morgan fingerprint density at radius 3 is 2.55 bits per heavy atom. The van der Waals surface area contributed by atoms with Crippen molar-refractivity contribution in [3.05, 3.63) is 35.7 Å². The summed E-state index contributed by atoms with van der Waals surface area (Å²) in [5.41, 5.74) is 0.980. The number of nitrogens with zero attached hydrogens (tertiary/aromatic N) is 5. The quantitative estimate of drug-likeness (QED) is 0.778. The number of H-pyrrole nitrogens is 1. The number of halogens is 1. The number of aromatic nitrogens is 6. The van der Waals surface area contributed by atoms with Gasteiger partial charge in [-0.05, 0) is 26.0 Å². The van der Waals surface area contributed by atoms with E-state index in [-0.39, 0.29) is 1.43 Å². The predicted octanol–water partition coefficient (Wildman–Crippen LogP) is 2.27. The summed E-state index contributed by atoms with van der Waals surface area (Å²) in [4.78, 5) is 8.40. The number of aromatic amines is 1. The van der Waals surface area contributed by atoms with Crippen LogP contribution in [0.25, 0.3) is 22.8 Å². The van der Waals surface area contributed by atoms with Gasteiger partial charge in [-0.1, -0.05) is 6.07 Å². The van der Waals surface area contributed by atoms with Gasteiger partial charge >= 0.3 is 0 Å². The Bertz CT molecular complexity index is 759. The molecule has 1 N–H and O–H groups in total. The summed E-state index contributed by atoms with van der Waals surface area (Å²) in [7, 11) is 1.80. The lowest BCUT2D eigenvalue weighted by molar-refractivity contribution is 0.630. The van der Waals surface area contributed by atoms with Crippen molar-refractivity contribution in [2.45, 2.75) is 13.8 Å².